The second-order valence-corrected chi connectivity index (χ2v) is 7.95. The van der Waals surface area contributed by atoms with Crippen molar-refractivity contribution in [1.29, 1.82) is 0 Å². The monoisotopic (exact) mass is 507 g/mol. The van der Waals surface area contributed by atoms with Crippen molar-refractivity contribution >= 4 is 29.9 Å². The zero-order valence-corrected chi connectivity index (χ0v) is 20.1. The van der Waals surface area contributed by atoms with Gasteiger partial charge in [0.1, 0.15) is 0 Å². The zero-order chi connectivity index (χ0) is 19.8. The number of pyridine rings is 1. The summed E-state index contributed by atoms with van der Waals surface area (Å²) in [5.74, 6) is 1.62. The minimum absolute atomic E-state index is 0. The summed E-state index contributed by atoms with van der Waals surface area (Å²) >= 11 is 0. The number of rotatable bonds is 6. The maximum absolute atomic E-state index is 4.44. The van der Waals surface area contributed by atoms with Gasteiger partial charge >= 0.3 is 0 Å². The number of likely N-dealkylation sites (tertiary alicyclic amines) is 1. The van der Waals surface area contributed by atoms with Crippen molar-refractivity contribution in [3.63, 3.8) is 0 Å². The number of aromatic nitrogens is 1. The molecule has 0 amide bonds. The number of hydrogen-bond donors (Lipinski definition) is 2. The van der Waals surface area contributed by atoms with Crippen molar-refractivity contribution in [2.24, 2.45) is 10.9 Å². The molecule has 158 valence electrons. The van der Waals surface area contributed by atoms with Gasteiger partial charge in [-0.25, -0.2) is 0 Å². The molecule has 29 heavy (non-hydrogen) atoms. The van der Waals surface area contributed by atoms with E-state index in [-0.39, 0.29) is 24.0 Å². The van der Waals surface area contributed by atoms with E-state index in [9.17, 15) is 0 Å². The number of benzene rings is 1. The fraction of sp³-hybridized carbons (Fsp3) is 0.478. The van der Waals surface area contributed by atoms with Crippen LogP contribution in [0.5, 0.6) is 0 Å². The Morgan fingerprint density at radius 1 is 1.17 bits per heavy atom. The summed E-state index contributed by atoms with van der Waals surface area (Å²) in [4.78, 5) is 11.4. The first-order valence-electron chi connectivity index (χ1n) is 10.3. The van der Waals surface area contributed by atoms with Gasteiger partial charge in [0.05, 0.1) is 5.69 Å². The van der Waals surface area contributed by atoms with Crippen LogP contribution in [0.3, 0.4) is 0 Å². The average molecular weight is 507 g/mol. The molecule has 0 saturated carbocycles. The van der Waals surface area contributed by atoms with Gasteiger partial charge in [0, 0.05) is 51.0 Å². The maximum Gasteiger partial charge on any atom is 0.191 e. The van der Waals surface area contributed by atoms with Crippen LogP contribution in [0, 0.1) is 5.92 Å². The Bertz CT molecular complexity index is 755. The highest BCUT2D eigenvalue weighted by Gasteiger charge is 2.20. The molecule has 1 saturated heterocycles. The van der Waals surface area contributed by atoms with E-state index < -0.39 is 0 Å². The van der Waals surface area contributed by atoms with E-state index in [0.29, 0.717) is 6.04 Å². The quantitative estimate of drug-likeness (QED) is 0.351. The van der Waals surface area contributed by atoms with Crippen molar-refractivity contribution in [3.8, 4) is 11.3 Å². The third-order valence-electron chi connectivity index (χ3n) is 5.12. The normalized spacial score (nSPS) is 15.8. The summed E-state index contributed by atoms with van der Waals surface area (Å²) in [6, 6.07) is 15.0. The number of nitrogens with zero attached hydrogens (tertiary/aromatic N) is 3. The lowest BCUT2D eigenvalue weighted by atomic mass is 10.0. The molecule has 1 aromatic carbocycles. The molecule has 2 aromatic rings. The Morgan fingerprint density at radius 2 is 1.97 bits per heavy atom. The van der Waals surface area contributed by atoms with E-state index in [0.717, 1.165) is 29.7 Å². The van der Waals surface area contributed by atoms with Gasteiger partial charge in [0.25, 0.3) is 0 Å². The molecule has 1 aliphatic heterocycles. The van der Waals surface area contributed by atoms with E-state index in [1.54, 1.807) is 0 Å². The van der Waals surface area contributed by atoms with Crippen LogP contribution in [0.2, 0.25) is 0 Å². The molecule has 1 aliphatic rings. The first-order chi connectivity index (χ1) is 13.6. The van der Waals surface area contributed by atoms with Gasteiger partial charge in [-0.1, -0.05) is 38.1 Å². The van der Waals surface area contributed by atoms with Crippen LogP contribution in [-0.4, -0.2) is 48.6 Å². The third kappa shape index (κ3) is 7.59. The second kappa shape index (κ2) is 12.1. The van der Waals surface area contributed by atoms with Crippen LogP contribution in [0.4, 0.5) is 0 Å². The van der Waals surface area contributed by atoms with Crippen molar-refractivity contribution < 1.29 is 0 Å². The molecule has 0 aliphatic carbocycles. The van der Waals surface area contributed by atoms with Gasteiger partial charge in [-0.05, 0) is 42.5 Å². The fourth-order valence-electron chi connectivity index (χ4n) is 3.72. The predicted octanol–water partition coefficient (Wildman–Crippen LogP) is 4.15. The molecule has 3 rings (SSSR count). The first kappa shape index (κ1) is 23.6. The van der Waals surface area contributed by atoms with E-state index in [1.165, 1.54) is 38.0 Å². The summed E-state index contributed by atoms with van der Waals surface area (Å²) in [6.07, 6.45) is 4.17. The highest BCUT2D eigenvalue weighted by molar-refractivity contribution is 14.0. The third-order valence-corrected chi connectivity index (χ3v) is 5.12. The minimum Gasteiger partial charge on any atom is -0.354 e. The predicted molar refractivity (Wildman–Crippen MR) is 133 cm³/mol. The van der Waals surface area contributed by atoms with Crippen LogP contribution < -0.4 is 10.6 Å². The summed E-state index contributed by atoms with van der Waals surface area (Å²) in [6.45, 7) is 8.86. The molecule has 2 N–H and O–H groups in total. The average Bonchev–Trinajstić information content (AvgIpc) is 2.73. The van der Waals surface area contributed by atoms with Crippen LogP contribution in [0.1, 0.15) is 32.3 Å². The van der Waals surface area contributed by atoms with E-state index in [1.807, 2.05) is 31.4 Å². The van der Waals surface area contributed by atoms with Crippen LogP contribution in [-0.2, 0) is 6.54 Å². The molecular weight excluding hydrogens is 473 g/mol. The van der Waals surface area contributed by atoms with Crippen molar-refractivity contribution in [2.75, 3.05) is 26.7 Å². The molecule has 1 aromatic heterocycles. The number of hydrogen-bond acceptors (Lipinski definition) is 3. The lowest BCUT2D eigenvalue weighted by Gasteiger charge is -2.34. The highest BCUT2D eigenvalue weighted by atomic mass is 127. The highest BCUT2D eigenvalue weighted by Crippen LogP contribution is 2.17. The number of guanidine groups is 1. The Balaban J connectivity index is 0.00000300. The van der Waals surface area contributed by atoms with Gasteiger partial charge < -0.3 is 15.5 Å². The Labute approximate surface area is 192 Å². The van der Waals surface area contributed by atoms with Gasteiger partial charge in [0.2, 0.25) is 0 Å². The lowest BCUT2D eigenvalue weighted by Crippen LogP contribution is -2.48. The van der Waals surface area contributed by atoms with Gasteiger partial charge in [-0.15, -0.1) is 24.0 Å². The van der Waals surface area contributed by atoms with Gasteiger partial charge in [-0.2, -0.15) is 0 Å². The Kier molecular flexibility index (Phi) is 9.87. The molecule has 0 bridgehead atoms. The number of aliphatic imine (C=N–C) groups is 1. The van der Waals surface area contributed by atoms with Gasteiger partial charge in [0.15, 0.2) is 5.96 Å². The van der Waals surface area contributed by atoms with Crippen molar-refractivity contribution in [3.05, 3.63) is 54.2 Å². The number of piperidine rings is 1. The SMILES string of the molecule is CN=C(NCc1cccc(-c2ccccn2)c1)NC1CCN(CC(C)C)CC1.I. The largest absolute Gasteiger partial charge is 0.354 e. The maximum atomic E-state index is 4.44. The van der Waals surface area contributed by atoms with Crippen molar-refractivity contribution in [2.45, 2.75) is 39.3 Å². The molecule has 6 heteroatoms. The zero-order valence-electron chi connectivity index (χ0n) is 17.8. The van der Waals surface area contributed by atoms with Crippen LogP contribution >= 0.6 is 24.0 Å². The molecule has 0 radical (unpaired) electrons. The number of halogens is 1. The lowest BCUT2D eigenvalue weighted by molar-refractivity contribution is 0.187. The summed E-state index contributed by atoms with van der Waals surface area (Å²) in [5.41, 5.74) is 3.36. The number of nitrogens with one attached hydrogen (secondary N) is 2. The second-order valence-electron chi connectivity index (χ2n) is 7.95. The molecule has 5 nitrogen and oxygen atoms in total. The first-order valence-corrected chi connectivity index (χ1v) is 10.3. The Hall–Kier alpha value is -1.67. The van der Waals surface area contributed by atoms with E-state index in [4.69, 9.17) is 0 Å². The topological polar surface area (TPSA) is 52.6 Å². The van der Waals surface area contributed by atoms with Crippen LogP contribution in [0.25, 0.3) is 11.3 Å². The molecule has 0 unspecified atom stereocenters. The minimum atomic E-state index is 0. The molecule has 0 spiro atoms. The smallest absolute Gasteiger partial charge is 0.191 e. The summed E-state index contributed by atoms with van der Waals surface area (Å²) < 4.78 is 0. The standard InChI is InChI=1S/C23H33N5.HI/c1-18(2)17-28-13-10-21(11-14-28)27-23(24-3)26-16-19-7-6-8-20(15-19)22-9-4-5-12-25-22;/h4-9,12,15,18,21H,10-11,13-14,16-17H2,1-3H3,(H2,24,26,27);1H. The van der Waals surface area contributed by atoms with Crippen molar-refractivity contribution in [1.82, 2.24) is 20.5 Å². The van der Waals surface area contributed by atoms with E-state index >= 15 is 0 Å². The molecule has 1 fully saturated rings. The summed E-state index contributed by atoms with van der Waals surface area (Å²) in [7, 11) is 1.84. The molecule has 0 atom stereocenters. The molecule has 2 heterocycles. The van der Waals surface area contributed by atoms with E-state index in [2.05, 4.69) is 63.6 Å². The Morgan fingerprint density at radius 3 is 2.62 bits per heavy atom. The summed E-state index contributed by atoms with van der Waals surface area (Å²) in [5, 5.41) is 7.06. The van der Waals surface area contributed by atoms with Gasteiger partial charge in [-0.3, -0.25) is 9.98 Å². The molecular formula is C23H34IN5. The fourth-order valence-corrected chi connectivity index (χ4v) is 3.72. The van der Waals surface area contributed by atoms with Crippen LogP contribution in [0.15, 0.2) is 53.7 Å².